The third-order valence-electron chi connectivity index (χ3n) is 2.40. The number of nitrogens with zero attached hydrogens (tertiary/aromatic N) is 1. The Kier molecular flexibility index (Phi) is 3.17. The number of hydrogen-bond acceptors (Lipinski definition) is 3. The maximum atomic E-state index is 10.2. The summed E-state index contributed by atoms with van der Waals surface area (Å²) in [5.74, 6) is 0.667. The van der Waals surface area contributed by atoms with Crippen LogP contribution in [0.4, 0.5) is 0 Å². The number of ether oxygens (including phenoxy) is 1. The molecular weight excluding hydrogens is 202 g/mol. The fourth-order valence-electron chi connectivity index (χ4n) is 1.59. The Morgan fingerprint density at radius 1 is 1.12 bits per heavy atom. The van der Waals surface area contributed by atoms with Gasteiger partial charge in [-0.1, -0.05) is 24.3 Å². The number of hydrogen-bond donors (Lipinski definition) is 1. The Balaban J connectivity index is 2.37. The number of para-hydroxylation sites is 1. The topological polar surface area (TPSA) is 42.4 Å². The van der Waals surface area contributed by atoms with Gasteiger partial charge in [0, 0.05) is 11.8 Å². The molecule has 1 N–H and O–H groups in total. The second-order valence-electron chi connectivity index (χ2n) is 3.40. The van der Waals surface area contributed by atoms with Crippen molar-refractivity contribution in [2.45, 2.75) is 6.10 Å². The Morgan fingerprint density at radius 3 is 2.56 bits per heavy atom. The first-order chi connectivity index (χ1) is 7.83. The highest BCUT2D eigenvalue weighted by Gasteiger charge is 2.15. The fourth-order valence-corrected chi connectivity index (χ4v) is 1.59. The lowest BCUT2D eigenvalue weighted by Gasteiger charge is -2.13. The molecule has 0 fully saturated rings. The highest BCUT2D eigenvalue weighted by molar-refractivity contribution is 5.38. The summed E-state index contributed by atoms with van der Waals surface area (Å²) in [4.78, 5) is 4.12. The van der Waals surface area contributed by atoms with Crippen molar-refractivity contribution in [1.82, 2.24) is 4.98 Å². The zero-order chi connectivity index (χ0) is 11.4. The molecule has 3 heteroatoms. The first-order valence-corrected chi connectivity index (χ1v) is 5.05. The van der Waals surface area contributed by atoms with E-state index in [0.717, 1.165) is 5.56 Å². The largest absolute Gasteiger partial charge is 0.496 e. The van der Waals surface area contributed by atoms with Crippen LogP contribution in [0.25, 0.3) is 0 Å². The third-order valence-corrected chi connectivity index (χ3v) is 2.40. The number of benzene rings is 1. The summed E-state index contributed by atoms with van der Waals surface area (Å²) < 4.78 is 5.20. The van der Waals surface area contributed by atoms with Gasteiger partial charge in [-0.05, 0) is 18.2 Å². The molecule has 0 radical (unpaired) electrons. The highest BCUT2D eigenvalue weighted by atomic mass is 16.5. The molecule has 1 aromatic heterocycles. The van der Waals surface area contributed by atoms with E-state index in [0.29, 0.717) is 11.4 Å². The van der Waals surface area contributed by atoms with Crippen LogP contribution >= 0.6 is 0 Å². The van der Waals surface area contributed by atoms with Gasteiger partial charge in [0.1, 0.15) is 11.9 Å². The van der Waals surface area contributed by atoms with Crippen LogP contribution in [-0.4, -0.2) is 17.2 Å². The van der Waals surface area contributed by atoms with Gasteiger partial charge in [-0.15, -0.1) is 0 Å². The SMILES string of the molecule is COc1ccccc1[C@H](O)c1ccccn1. The van der Waals surface area contributed by atoms with Gasteiger partial charge in [0.25, 0.3) is 0 Å². The van der Waals surface area contributed by atoms with Crippen LogP contribution in [0, 0.1) is 0 Å². The van der Waals surface area contributed by atoms with Crippen LogP contribution < -0.4 is 4.74 Å². The number of aromatic nitrogens is 1. The minimum absolute atomic E-state index is 0.618. The molecule has 0 aliphatic rings. The van der Waals surface area contributed by atoms with Crippen molar-refractivity contribution < 1.29 is 9.84 Å². The minimum Gasteiger partial charge on any atom is -0.496 e. The first kappa shape index (κ1) is 10.6. The van der Waals surface area contributed by atoms with E-state index in [2.05, 4.69) is 4.98 Å². The molecule has 1 heterocycles. The van der Waals surface area contributed by atoms with Crippen molar-refractivity contribution in [3.05, 3.63) is 59.9 Å². The Bertz CT molecular complexity index is 456. The smallest absolute Gasteiger partial charge is 0.125 e. The average molecular weight is 215 g/mol. The second-order valence-corrected chi connectivity index (χ2v) is 3.40. The summed E-state index contributed by atoms with van der Waals surface area (Å²) in [6, 6.07) is 12.8. The van der Waals surface area contributed by atoms with E-state index in [9.17, 15) is 5.11 Å². The van der Waals surface area contributed by atoms with Gasteiger partial charge in [-0.3, -0.25) is 4.98 Å². The molecule has 0 aliphatic carbocycles. The fraction of sp³-hybridized carbons (Fsp3) is 0.154. The maximum absolute atomic E-state index is 10.2. The van der Waals surface area contributed by atoms with Gasteiger partial charge in [0.2, 0.25) is 0 Å². The average Bonchev–Trinajstić information content (AvgIpc) is 2.39. The summed E-state index contributed by atoms with van der Waals surface area (Å²) >= 11 is 0. The van der Waals surface area contributed by atoms with Crippen molar-refractivity contribution in [2.75, 3.05) is 7.11 Å². The molecule has 82 valence electrons. The molecule has 0 amide bonds. The molecule has 16 heavy (non-hydrogen) atoms. The Hall–Kier alpha value is -1.87. The highest BCUT2D eigenvalue weighted by Crippen LogP contribution is 2.28. The van der Waals surface area contributed by atoms with Crippen molar-refractivity contribution >= 4 is 0 Å². The van der Waals surface area contributed by atoms with Crippen LogP contribution in [-0.2, 0) is 0 Å². The van der Waals surface area contributed by atoms with Gasteiger partial charge < -0.3 is 9.84 Å². The van der Waals surface area contributed by atoms with Crippen LogP contribution in [0.1, 0.15) is 17.4 Å². The number of pyridine rings is 1. The molecule has 0 unspecified atom stereocenters. The zero-order valence-electron chi connectivity index (χ0n) is 9.00. The normalized spacial score (nSPS) is 12.1. The number of rotatable bonds is 3. The van der Waals surface area contributed by atoms with Crippen LogP contribution in [0.3, 0.4) is 0 Å². The predicted molar refractivity (Wildman–Crippen MR) is 61.3 cm³/mol. The second kappa shape index (κ2) is 4.77. The first-order valence-electron chi connectivity index (χ1n) is 5.05. The summed E-state index contributed by atoms with van der Waals surface area (Å²) in [6.45, 7) is 0. The lowest BCUT2D eigenvalue weighted by atomic mass is 10.1. The maximum Gasteiger partial charge on any atom is 0.125 e. The van der Waals surface area contributed by atoms with E-state index in [4.69, 9.17) is 4.74 Å². The van der Waals surface area contributed by atoms with E-state index >= 15 is 0 Å². The molecule has 2 aromatic rings. The van der Waals surface area contributed by atoms with Crippen molar-refractivity contribution in [2.24, 2.45) is 0 Å². The number of aliphatic hydroxyl groups is 1. The summed E-state index contributed by atoms with van der Waals surface area (Å²) in [6.07, 6.45) is 0.908. The van der Waals surface area contributed by atoms with Gasteiger partial charge in [0.05, 0.1) is 12.8 Å². The predicted octanol–water partition coefficient (Wildman–Crippen LogP) is 2.17. The van der Waals surface area contributed by atoms with Gasteiger partial charge in [-0.25, -0.2) is 0 Å². The van der Waals surface area contributed by atoms with E-state index in [1.165, 1.54) is 0 Å². The lowest BCUT2D eigenvalue weighted by molar-refractivity contribution is 0.210. The van der Waals surface area contributed by atoms with E-state index in [-0.39, 0.29) is 0 Å². The molecule has 0 saturated heterocycles. The minimum atomic E-state index is -0.752. The summed E-state index contributed by atoms with van der Waals surface area (Å²) in [7, 11) is 1.59. The van der Waals surface area contributed by atoms with E-state index in [1.54, 1.807) is 19.4 Å². The summed E-state index contributed by atoms with van der Waals surface area (Å²) in [5.41, 5.74) is 1.34. The van der Waals surface area contributed by atoms with Gasteiger partial charge in [-0.2, -0.15) is 0 Å². The molecule has 0 aliphatic heterocycles. The van der Waals surface area contributed by atoms with Gasteiger partial charge >= 0.3 is 0 Å². The molecule has 0 saturated carbocycles. The van der Waals surface area contributed by atoms with Crippen LogP contribution in [0.2, 0.25) is 0 Å². The molecular formula is C13H13NO2. The molecule has 0 bridgehead atoms. The van der Waals surface area contributed by atoms with Crippen LogP contribution in [0.15, 0.2) is 48.7 Å². The standard InChI is InChI=1S/C13H13NO2/c1-16-12-8-3-2-6-10(12)13(15)11-7-4-5-9-14-11/h2-9,13,15H,1H3/t13-/m0/s1. The molecule has 1 atom stereocenters. The quantitative estimate of drug-likeness (QED) is 0.853. The third kappa shape index (κ3) is 2.04. The van der Waals surface area contributed by atoms with Crippen molar-refractivity contribution in [3.63, 3.8) is 0 Å². The Morgan fingerprint density at radius 2 is 1.88 bits per heavy atom. The molecule has 1 aromatic carbocycles. The zero-order valence-corrected chi connectivity index (χ0v) is 9.00. The number of aliphatic hydroxyl groups excluding tert-OH is 1. The van der Waals surface area contributed by atoms with E-state index < -0.39 is 6.10 Å². The molecule has 0 spiro atoms. The monoisotopic (exact) mass is 215 g/mol. The lowest BCUT2D eigenvalue weighted by Crippen LogP contribution is -2.03. The number of methoxy groups -OCH3 is 1. The summed E-state index contributed by atoms with van der Waals surface area (Å²) in [5, 5.41) is 10.2. The van der Waals surface area contributed by atoms with Crippen molar-refractivity contribution in [1.29, 1.82) is 0 Å². The Labute approximate surface area is 94.3 Å². The van der Waals surface area contributed by atoms with E-state index in [1.807, 2.05) is 36.4 Å². The van der Waals surface area contributed by atoms with Gasteiger partial charge in [0.15, 0.2) is 0 Å². The van der Waals surface area contributed by atoms with Crippen LogP contribution in [0.5, 0.6) is 5.75 Å². The molecule has 2 rings (SSSR count). The molecule has 3 nitrogen and oxygen atoms in total. The van der Waals surface area contributed by atoms with Crippen molar-refractivity contribution in [3.8, 4) is 5.75 Å².